The second-order valence-corrected chi connectivity index (χ2v) is 6.28. The Morgan fingerprint density at radius 2 is 1.07 bits per heavy atom. The van der Waals surface area contributed by atoms with Crippen molar-refractivity contribution in [2.45, 2.75) is 9.79 Å². The molecule has 0 saturated heterocycles. The second kappa shape index (κ2) is 12.5. The number of hydrogen-bond donors (Lipinski definition) is 0. The summed E-state index contributed by atoms with van der Waals surface area (Å²) >= 11 is 10.3. The van der Waals surface area contributed by atoms with Crippen molar-refractivity contribution >= 4 is 47.1 Å². The van der Waals surface area contributed by atoms with Crippen LogP contribution in [-0.2, 0) is 57.3 Å². The van der Waals surface area contributed by atoms with Crippen LogP contribution in [0, 0.1) is 0 Å². The largest absolute Gasteiger partial charge is 2.00 e. The summed E-state index contributed by atoms with van der Waals surface area (Å²) in [5.74, 6) is 1.57. The van der Waals surface area contributed by atoms with Gasteiger partial charge in [-0.05, 0) is 36.4 Å². The topological polar surface area (TPSA) is 101 Å². The maximum atomic E-state index is 5.16. The smallest absolute Gasteiger partial charge is 0.118 e. The quantitative estimate of drug-likeness (QED) is 0.299. The van der Waals surface area contributed by atoms with Crippen LogP contribution in [-0.4, -0.2) is 24.2 Å². The van der Waals surface area contributed by atoms with Gasteiger partial charge in [0.15, 0.2) is 0 Å². The van der Waals surface area contributed by atoms with Crippen LogP contribution in [0.4, 0.5) is 0 Å². The number of pyridine rings is 2. The zero-order valence-corrected chi connectivity index (χ0v) is 19.2. The van der Waals surface area contributed by atoms with E-state index in [1.54, 1.807) is 26.6 Å². The van der Waals surface area contributed by atoms with Gasteiger partial charge < -0.3 is 45.7 Å². The predicted octanol–water partition coefficient (Wildman–Crippen LogP) is 4.06. The van der Waals surface area contributed by atoms with Gasteiger partial charge >= 0.3 is 0 Å². The number of fused-ring (bicyclic) bond motifs is 2. The van der Waals surface area contributed by atoms with E-state index in [-0.39, 0.29) is 32.0 Å². The van der Waals surface area contributed by atoms with E-state index in [0.717, 1.165) is 43.1 Å². The molecule has 0 aliphatic heterocycles. The first kappa shape index (κ1) is 26.9. The number of aromatic nitrogens is 2. The number of ether oxygens (including phenoxy) is 2. The molecule has 0 fully saturated rings. The van der Waals surface area contributed by atoms with Gasteiger partial charge in [0.1, 0.15) is 11.5 Å². The molecule has 4 aromatic rings. The van der Waals surface area contributed by atoms with Crippen LogP contribution in [0.25, 0.3) is 21.8 Å². The fraction of sp³-hybridized carbons (Fsp3) is 0.100. The molecule has 29 heavy (non-hydrogen) atoms. The van der Waals surface area contributed by atoms with Crippen molar-refractivity contribution in [2.75, 3.05) is 14.2 Å². The van der Waals surface area contributed by atoms with Crippen LogP contribution >= 0.6 is 0 Å². The first-order valence-electron chi connectivity index (χ1n) is 7.82. The standard InChI is InChI=1S/2C10H9NOS.Mo.2O/c2*1-12-8-5-7-3-2-4-11-10(7)9(13)6-8;;;/h2*2-6,13H,1H3;;;/q;;;2*-2/p-2. The summed E-state index contributed by atoms with van der Waals surface area (Å²) in [5, 5.41) is 2.04. The summed E-state index contributed by atoms with van der Waals surface area (Å²) in [6.07, 6.45) is 3.48. The molecule has 0 atom stereocenters. The Labute approximate surface area is 194 Å². The summed E-state index contributed by atoms with van der Waals surface area (Å²) in [4.78, 5) is 9.86. The Hall–Kier alpha value is -2.09. The van der Waals surface area contributed by atoms with Gasteiger partial charge in [0.25, 0.3) is 0 Å². The van der Waals surface area contributed by atoms with Gasteiger partial charge in [-0.25, -0.2) is 0 Å². The van der Waals surface area contributed by atoms with Gasteiger partial charge in [0, 0.05) is 44.2 Å². The minimum atomic E-state index is 0. The summed E-state index contributed by atoms with van der Waals surface area (Å²) < 4.78 is 10.2. The van der Waals surface area contributed by atoms with Gasteiger partial charge in [0.2, 0.25) is 0 Å². The second-order valence-electron chi connectivity index (χ2n) is 5.40. The molecule has 0 aliphatic rings. The van der Waals surface area contributed by atoms with Crippen molar-refractivity contribution in [3.8, 4) is 11.5 Å². The first-order valence-corrected chi connectivity index (χ1v) is 8.63. The maximum absolute atomic E-state index is 5.16. The minimum Gasteiger partial charge on any atom is -2.00 e. The fourth-order valence-electron chi connectivity index (χ4n) is 2.50. The molecule has 0 bridgehead atoms. The molecule has 0 amide bonds. The summed E-state index contributed by atoms with van der Waals surface area (Å²) in [7, 11) is 3.26. The van der Waals surface area contributed by atoms with E-state index in [2.05, 4.69) is 9.97 Å². The molecular weight excluding hydrogens is 492 g/mol. The first-order chi connectivity index (χ1) is 12.6. The van der Waals surface area contributed by atoms with E-state index in [1.807, 2.05) is 48.5 Å². The number of hydrogen-bond acceptors (Lipinski definition) is 6. The molecule has 0 radical (unpaired) electrons. The average molecular weight is 508 g/mol. The van der Waals surface area contributed by atoms with Crippen molar-refractivity contribution in [2.24, 2.45) is 0 Å². The Balaban J connectivity index is 0.000000490. The molecule has 4 rings (SSSR count). The third-order valence-electron chi connectivity index (χ3n) is 3.76. The van der Waals surface area contributed by atoms with Crippen LogP contribution in [0.1, 0.15) is 0 Å². The molecule has 2 heterocycles. The van der Waals surface area contributed by atoms with Gasteiger partial charge in [-0.3, -0.25) is 9.97 Å². The van der Waals surface area contributed by atoms with Crippen LogP contribution in [0.2, 0.25) is 0 Å². The molecule has 0 N–H and O–H groups in total. The minimum absolute atomic E-state index is 0. The van der Waals surface area contributed by atoms with E-state index in [4.69, 9.17) is 34.7 Å². The van der Waals surface area contributed by atoms with Crippen LogP contribution in [0.15, 0.2) is 70.7 Å². The molecule has 0 saturated carbocycles. The Morgan fingerprint density at radius 1 is 0.690 bits per heavy atom. The summed E-state index contributed by atoms with van der Waals surface area (Å²) in [6, 6.07) is 15.2. The number of benzene rings is 2. The van der Waals surface area contributed by atoms with Gasteiger partial charge in [0.05, 0.1) is 25.3 Å². The Bertz CT molecular complexity index is 982. The third kappa shape index (κ3) is 6.45. The number of nitrogens with zero attached hydrogens (tertiary/aromatic N) is 2. The zero-order valence-electron chi connectivity index (χ0n) is 15.5. The van der Waals surface area contributed by atoms with E-state index in [0.29, 0.717) is 0 Å². The molecule has 0 aliphatic carbocycles. The molecule has 9 heteroatoms. The normalized spacial score (nSPS) is 9.17. The van der Waals surface area contributed by atoms with Gasteiger partial charge in [-0.1, -0.05) is 12.1 Å². The Morgan fingerprint density at radius 3 is 1.41 bits per heavy atom. The molecule has 2 aromatic heterocycles. The average Bonchev–Trinajstić information content (AvgIpc) is 2.68. The summed E-state index contributed by atoms with van der Waals surface area (Å²) in [6.45, 7) is 0. The molecular formula is C20H16MoN2O4S2-6. The van der Waals surface area contributed by atoms with Gasteiger partial charge in [-0.15, -0.1) is 9.79 Å². The number of rotatable bonds is 2. The molecule has 2 aromatic carbocycles. The maximum Gasteiger partial charge on any atom is 0.118 e. The van der Waals surface area contributed by atoms with Crippen molar-refractivity contribution in [3.05, 3.63) is 60.9 Å². The van der Waals surface area contributed by atoms with Crippen molar-refractivity contribution in [3.63, 3.8) is 0 Å². The molecule has 154 valence electrons. The third-order valence-corrected chi connectivity index (χ3v) is 4.38. The zero-order chi connectivity index (χ0) is 18.5. The van der Waals surface area contributed by atoms with E-state index >= 15 is 0 Å². The van der Waals surface area contributed by atoms with E-state index in [1.165, 1.54) is 0 Å². The van der Waals surface area contributed by atoms with Crippen molar-refractivity contribution in [1.29, 1.82) is 0 Å². The van der Waals surface area contributed by atoms with Crippen molar-refractivity contribution in [1.82, 2.24) is 9.97 Å². The summed E-state index contributed by atoms with van der Waals surface area (Å²) in [5.41, 5.74) is 1.72. The molecule has 0 unspecified atom stereocenters. The SMILES string of the molecule is COc1cc([S-])c2ncccc2c1.COc1cc([S-])c2ncccc2c1.[Mo].[O-2].[O-2]. The monoisotopic (exact) mass is 510 g/mol. The van der Waals surface area contributed by atoms with Crippen LogP contribution in [0.5, 0.6) is 11.5 Å². The molecule has 6 nitrogen and oxygen atoms in total. The van der Waals surface area contributed by atoms with E-state index < -0.39 is 0 Å². The Kier molecular flexibility index (Phi) is 11.6. The van der Waals surface area contributed by atoms with Crippen LogP contribution < -0.4 is 9.47 Å². The van der Waals surface area contributed by atoms with E-state index in [9.17, 15) is 0 Å². The number of methoxy groups -OCH3 is 2. The van der Waals surface area contributed by atoms with Crippen molar-refractivity contribution < 1.29 is 41.5 Å². The van der Waals surface area contributed by atoms with Gasteiger partial charge in [-0.2, -0.15) is 0 Å². The predicted molar refractivity (Wildman–Crippen MR) is 109 cm³/mol. The molecule has 0 spiro atoms. The van der Waals surface area contributed by atoms with Crippen LogP contribution in [0.3, 0.4) is 0 Å². The fourth-order valence-corrected chi connectivity index (χ4v) is 3.07.